The summed E-state index contributed by atoms with van der Waals surface area (Å²) >= 11 is 0. The molecule has 3 heterocycles. The first-order valence-corrected chi connectivity index (χ1v) is 8.63. The van der Waals surface area contributed by atoms with E-state index >= 15 is 0 Å². The van der Waals surface area contributed by atoms with Crippen molar-refractivity contribution >= 4 is 16.6 Å². The second-order valence-corrected chi connectivity index (χ2v) is 6.19. The molecule has 1 saturated heterocycles. The van der Waals surface area contributed by atoms with Gasteiger partial charge in [0.2, 0.25) is 0 Å². The normalized spacial score (nSPS) is 15.8. The third kappa shape index (κ3) is 2.85. The first kappa shape index (κ1) is 15.1. The molecular formula is C20H22N4. The largest absolute Gasteiger partial charge is 0.354 e. The highest BCUT2D eigenvalue weighted by Gasteiger charge is 2.19. The van der Waals surface area contributed by atoms with E-state index in [0.29, 0.717) is 0 Å². The molecule has 0 radical (unpaired) electrons. The molecule has 0 N–H and O–H groups in total. The van der Waals surface area contributed by atoms with Crippen molar-refractivity contribution in [2.75, 3.05) is 37.6 Å². The molecule has 0 bridgehead atoms. The summed E-state index contributed by atoms with van der Waals surface area (Å²) in [7, 11) is 0. The number of aromatic nitrogens is 2. The van der Waals surface area contributed by atoms with Gasteiger partial charge in [-0.25, -0.2) is 4.98 Å². The van der Waals surface area contributed by atoms with Crippen LogP contribution < -0.4 is 4.90 Å². The number of fused-ring (bicyclic) bond motifs is 1. The Morgan fingerprint density at radius 1 is 0.917 bits per heavy atom. The van der Waals surface area contributed by atoms with Crippen LogP contribution in [0.5, 0.6) is 0 Å². The fourth-order valence-corrected chi connectivity index (χ4v) is 3.34. The van der Waals surface area contributed by atoms with Gasteiger partial charge in [0.1, 0.15) is 5.82 Å². The van der Waals surface area contributed by atoms with Gasteiger partial charge in [0, 0.05) is 37.8 Å². The molecule has 1 aliphatic heterocycles. The quantitative estimate of drug-likeness (QED) is 0.740. The first-order valence-electron chi connectivity index (χ1n) is 8.63. The minimum atomic E-state index is 0.927. The van der Waals surface area contributed by atoms with Gasteiger partial charge in [0.15, 0.2) is 0 Å². The highest BCUT2D eigenvalue weighted by atomic mass is 15.3. The van der Waals surface area contributed by atoms with Gasteiger partial charge in [-0.15, -0.1) is 0 Å². The maximum Gasteiger partial charge on any atom is 0.137 e. The molecule has 1 fully saturated rings. The standard InChI is InChI=1S/C20H22N4/c1-2-23-11-13-24(14-12-23)20-17-8-4-3-7-16(17)15-19(22-20)18-9-5-6-10-21-18/h3-10,15H,2,11-14H2,1H3. The van der Waals surface area contributed by atoms with Crippen molar-refractivity contribution < 1.29 is 0 Å². The number of pyridine rings is 2. The molecule has 0 unspecified atom stereocenters. The van der Waals surface area contributed by atoms with Gasteiger partial charge in [0.05, 0.1) is 11.4 Å². The van der Waals surface area contributed by atoms with Crippen LogP contribution in [0.4, 0.5) is 5.82 Å². The van der Waals surface area contributed by atoms with Gasteiger partial charge in [-0.1, -0.05) is 37.3 Å². The second-order valence-electron chi connectivity index (χ2n) is 6.19. The van der Waals surface area contributed by atoms with Crippen molar-refractivity contribution in [1.29, 1.82) is 0 Å². The Balaban J connectivity index is 1.79. The third-order valence-electron chi connectivity index (χ3n) is 4.77. The Morgan fingerprint density at radius 3 is 2.46 bits per heavy atom. The second kappa shape index (κ2) is 6.57. The summed E-state index contributed by atoms with van der Waals surface area (Å²) < 4.78 is 0. The van der Waals surface area contributed by atoms with Crippen LogP contribution in [0, 0.1) is 0 Å². The molecular weight excluding hydrogens is 296 g/mol. The number of anilines is 1. The van der Waals surface area contributed by atoms with E-state index in [1.54, 1.807) is 0 Å². The Morgan fingerprint density at radius 2 is 1.71 bits per heavy atom. The number of piperazine rings is 1. The summed E-state index contributed by atoms with van der Waals surface area (Å²) in [6, 6.07) is 16.6. The summed E-state index contributed by atoms with van der Waals surface area (Å²) in [5, 5.41) is 2.45. The summed E-state index contributed by atoms with van der Waals surface area (Å²) in [4.78, 5) is 14.4. The van der Waals surface area contributed by atoms with Crippen LogP contribution in [0.2, 0.25) is 0 Å². The van der Waals surface area contributed by atoms with Gasteiger partial charge in [-0.3, -0.25) is 4.98 Å². The summed E-state index contributed by atoms with van der Waals surface area (Å²) in [6.45, 7) is 7.59. The van der Waals surface area contributed by atoms with E-state index in [2.05, 4.69) is 52.0 Å². The molecule has 4 nitrogen and oxygen atoms in total. The van der Waals surface area contributed by atoms with Gasteiger partial charge in [-0.2, -0.15) is 0 Å². The average molecular weight is 318 g/mol. The van der Waals surface area contributed by atoms with E-state index in [1.807, 2.05) is 24.4 Å². The Kier molecular flexibility index (Phi) is 4.13. The Hall–Kier alpha value is -2.46. The molecule has 0 saturated carbocycles. The molecule has 4 rings (SSSR count). The molecule has 0 spiro atoms. The molecule has 0 atom stereocenters. The molecule has 3 aromatic rings. The maximum atomic E-state index is 4.99. The Bertz CT molecular complexity index is 823. The highest BCUT2D eigenvalue weighted by Crippen LogP contribution is 2.29. The van der Waals surface area contributed by atoms with Crippen LogP contribution >= 0.6 is 0 Å². The van der Waals surface area contributed by atoms with Crippen LogP contribution in [0.3, 0.4) is 0 Å². The third-order valence-corrected chi connectivity index (χ3v) is 4.77. The number of benzene rings is 1. The van der Waals surface area contributed by atoms with Crippen LogP contribution in [-0.2, 0) is 0 Å². The van der Waals surface area contributed by atoms with Crippen molar-refractivity contribution in [3.8, 4) is 11.4 Å². The van der Waals surface area contributed by atoms with Crippen LogP contribution in [0.15, 0.2) is 54.7 Å². The number of hydrogen-bond donors (Lipinski definition) is 0. The van der Waals surface area contributed by atoms with Crippen molar-refractivity contribution in [3.05, 3.63) is 54.7 Å². The lowest BCUT2D eigenvalue weighted by Gasteiger charge is -2.35. The van der Waals surface area contributed by atoms with Gasteiger partial charge in [0.25, 0.3) is 0 Å². The minimum Gasteiger partial charge on any atom is -0.354 e. The number of rotatable bonds is 3. The lowest BCUT2D eigenvalue weighted by atomic mass is 10.1. The minimum absolute atomic E-state index is 0.927. The molecule has 4 heteroatoms. The van der Waals surface area contributed by atoms with E-state index < -0.39 is 0 Å². The lowest BCUT2D eigenvalue weighted by molar-refractivity contribution is 0.271. The maximum absolute atomic E-state index is 4.99. The molecule has 1 aromatic carbocycles. The number of hydrogen-bond acceptors (Lipinski definition) is 4. The zero-order chi connectivity index (χ0) is 16.4. The van der Waals surface area contributed by atoms with Crippen molar-refractivity contribution in [2.45, 2.75) is 6.92 Å². The zero-order valence-corrected chi connectivity index (χ0v) is 14.0. The van der Waals surface area contributed by atoms with Crippen molar-refractivity contribution in [2.24, 2.45) is 0 Å². The number of nitrogens with zero attached hydrogens (tertiary/aromatic N) is 4. The van der Waals surface area contributed by atoms with E-state index in [-0.39, 0.29) is 0 Å². The van der Waals surface area contributed by atoms with E-state index in [1.165, 1.54) is 10.8 Å². The predicted molar refractivity (Wildman–Crippen MR) is 99.3 cm³/mol. The topological polar surface area (TPSA) is 32.3 Å². The summed E-state index contributed by atoms with van der Waals surface area (Å²) in [5.74, 6) is 1.09. The highest BCUT2D eigenvalue weighted by molar-refractivity contribution is 5.94. The van der Waals surface area contributed by atoms with Gasteiger partial charge in [-0.05, 0) is 30.1 Å². The monoisotopic (exact) mass is 318 g/mol. The smallest absolute Gasteiger partial charge is 0.137 e. The number of likely N-dealkylation sites (N-methyl/N-ethyl adjacent to an activating group) is 1. The zero-order valence-electron chi connectivity index (χ0n) is 14.0. The first-order chi connectivity index (χ1) is 11.8. The Labute approximate surface area is 142 Å². The molecule has 24 heavy (non-hydrogen) atoms. The van der Waals surface area contributed by atoms with E-state index in [9.17, 15) is 0 Å². The molecule has 0 amide bonds. The van der Waals surface area contributed by atoms with E-state index in [0.717, 1.165) is 49.9 Å². The fraction of sp³-hybridized carbons (Fsp3) is 0.300. The summed E-state index contributed by atoms with van der Waals surface area (Å²) in [6.07, 6.45) is 1.83. The molecule has 122 valence electrons. The molecule has 0 aliphatic carbocycles. The van der Waals surface area contributed by atoms with Crippen LogP contribution in [-0.4, -0.2) is 47.6 Å². The van der Waals surface area contributed by atoms with Gasteiger partial charge < -0.3 is 9.80 Å². The van der Waals surface area contributed by atoms with Gasteiger partial charge >= 0.3 is 0 Å². The van der Waals surface area contributed by atoms with E-state index in [4.69, 9.17) is 4.98 Å². The molecule has 2 aromatic heterocycles. The van der Waals surface area contributed by atoms with Crippen molar-refractivity contribution in [1.82, 2.24) is 14.9 Å². The SMILES string of the molecule is CCN1CCN(c2nc(-c3ccccn3)cc3ccccc23)CC1. The van der Waals surface area contributed by atoms with Crippen LogP contribution in [0.25, 0.3) is 22.2 Å². The van der Waals surface area contributed by atoms with Crippen LogP contribution in [0.1, 0.15) is 6.92 Å². The molecule has 1 aliphatic rings. The predicted octanol–water partition coefficient (Wildman–Crippen LogP) is 3.44. The summed E-state index contributed by atoms with van der Waals surface area (Å²) in [5.41, 5.74) is 1.87. The lowest BCUT2D eigenvalue weighted by Crippen LogP contribution is -2.46. The average Bonchev–Trinajstić information content (AvgIpc) is 2.68. The van der Waals surface area contributed by atoms with Crippen molar-refractivity contribution in [3.63, 3.8) is 0 Å². The fourth-order valence-electron chi connectivity index (χ4n) is 3.34.